The predicted molar refractivity (Wildman–Crippen MR) is 67.0 cm³/mol. The predicted octanol–water partition coefficient (Wildman–Crippen LogP) is 2.03. The number of phenolic OH excluding ortho intramolecular Hbond substituents is 1. The second-order valence-electron chi connectivity index (χ2n) is 3.43. The normalized spacial score (nSPS) is 12.2. The molecule has 0 aliphatic heterocycles. The minimum Gasteiger partial charge on any atom is -0.508 e. The summed E-state index contributed by atoms with van der Waals surface area (Å²) in [7, 11) is 1.53. The van der Waals surface area contributed by atoms with E-state index in [0.29, 0.717) is 6.61 Å². The SMILES string of the molecule is COCC(Cl)CNC(=O)c1cc(O)ccc1Cl. The van der Waals surface area contributed by atoms with Crippen LogP contribution in [0.25, 0.3) is 0 Å². The zero-order valence-electron chi connectivity index (χ0n) is 9.24. The Morgan fingerprint density at radius 3 is 2.94 bits per heavy atom. The number of methoxy groups -OCH3 is 1. The number of alkyl halides is 1. The van der Waals surface area contributed by atoms with Gasteiger partial charge in [0.25, 0.3) is 5.91 Å². The average molecular weight is 278 g/mol. The lowest BCUT2D eigenvalue weighted by Gasteiger charge is -2.10. The topological polar surface area (TPSA) is 58.6 Å². The molecule has 0 aliphatic rings. The molecular weight excluding hydrogens is 265 g/mol. The van der Waals surface area contributed by atoms with Crippen LogP contribution in [-0.2, 0) is 4.74 Å². The Labute approximate surface area is 109 Å². The maximum atomic E-state index is 11.7. The number of aromatic hydroxyl groups is 1. The summed E-state index contributed by atoms with van der Waals surface area (Å²) in [5, 5.41) is 11.8. The first-order valence-electron chi connectivity index (χ1n) is 4.94. The van der Waals surface area contributed by atoms with Crippen LogP contribution in [0.5, 0.6) is 5.75 Å². The van der Waals surface area contributed by atoms with Crippen LogP contribution in [0, 0.1) is 0 Å². The molecule has 4 nitrogen and oxygen atoms in total. The van der Waals surface area contributed by atoms with Crippen molar-refractivity contribution < 1.29 is 14.6 Å². The number of carbonyl (C=O) groups is 1. The number of nitrogens with one attached hydrogen (secondary N) is 1. The van der Waals surface area contributed by atoms with Crippen LogP contribution in [0.2, 0.25) is 5.02 Å². The Morgan fingerprint density at radius 2 is 2.29 bits per heavy atom. The summed E-state index contributed by atoms with van der Waals surface area (Å²) in [6.45, 7) is 0.607. The molecule has 94 valence electrons. The highest BCUT2D eigenvalue weighted by Crippen LogP contribution is 2.20. The summed E-state index contributed by atoms with van der Waals surface area (Å²) >= 11 is 11.7. The van der Waals surface area contributed by atoms with Gasteiger partial charge in [-0.05, 0) is 18.2 Å². The number of benzene rings is 1. The van der Waals surface area contributed by atoms with Crippen molar-refractivity contribution in [2.75, 3.05) is 20.3 Å². The molecule has 0 bridgehead atoms. The van der Waals surface area contributed by atoms with E-state index in [2.05, 4.69) is 5.32 Å². The number of phenols is 1. The maximum absolute atomic E-state index is 11.7. The molecule has 1 atom stereocenters. The highest BCUT2D eigenvalue weighted by Gasteiger charge is 2.12. The van der Waals surface area contributed by atoms with Gasteiger partial charge < -0.3 is 15.2 Å². The Hall–Kier alpha value is -0.970. The molecule has 6 heteroatoms. The number of ether oxygens (including phenoxy) is 1. The Kier molecular flexibility index (Phi) is 5.55. The van der Waals surface area contributed by atoms with Gasteiger partial charge in [-0.2, -0.15) is 0 Å². The van der Waals surface area contributed by atoms with Crippen LogP contribution in [-0.4, -0.2) is 36.7 Å². The third kappa shape index (κ3) is 4.42. The zero-order chi connectivity index (χ0) is 12.8. The maximum Gasteiger partial charge on any atom is 0.252 e. The summed E-state index contributed by atoms with van der Waals surface area (Å²) < 4.78 is 4.84. The van der Waals surface area contributed by atoms with E-state index in [4.69, 9.17) is 27.9 Å². The van der Waals surface area contributed by atoms with Gasteiger partial charge in [-0.3, -0.25) is 4.79 Å². The molecule has 0 fully saturated rings. The largest absolute Gasteiger partial charge is 0.508 e. The van der Waals surface area contributed by atoms with Crippen molar-refractivity contribution in [2.45, 2.75) is 5.38 Å². The molecule has 0 aliphatic carbocycles. The first-order chi connectivity index (χ1) is 8.04. The van der Waals surface area contributed by atoms with Gasteiger partial charge in [0, 0.05) is 13.7 Å². The molecule has 0 aromatic heterocycles. The smallest absolute Gasteiger partial charge is 0.252 e. The van der Waals surface area contributed by atoms with Crippen LogP contribution in [0.4, 0.5) is 0 Å². The lowest BCUT2D eigenvalue weighted by molar-refractivity contribution is 0.0949. The molecule has 0 radical (unpaired) electrons. The van der Waals surface area contributed by atoms with Crippen molar-refractivity contribution in [3.63, 3.8) is 0 Å². The third-order valence-electron chi connectivity index (χ3n) is 2.03. The van der Waals surface area contributed by atoms with E-state index >= 15 is 0 Å². The van der Waals surface area contributed by atoms with E-state index < -0.39 is 0 Å². The number of halogens is 2. The van der Waals surface area contributed by atoms with Gasteiger partial charge in [0.2, 0.25) is 0 Å². The van der Waals surface area contributed by atoms with E-state index in [-0.39, 0.29) is 34.2 Å². The van der Waals surface area contributed by atoms with E-state index in [9.17, 15) is 9.90 Å². The highest BCUT2D eigenvalue weighted by molar-refractivity contribution is 6.33. The summed E-state index contributed by atoms with van der Waals surface area (Å²) in [6, 6.07) is 4.17. The quantitative estimate of drug-likeness (QED) is 0.810. The van der Waals surface area contributed by atoms with Gasteiger partial charge >= 0.3 is 0 Å². The molecule has 1 aromatic rings. The average Bonchev–Trinajstić information content (AvgIpc) is 2.29. The Balaban J connectivity index is 2.61. The van der Waals surface area contributed by atoms with Gasteiger partial charge in [-0.1, -0.05) is 11.6 Å². The number of hydrogen-bond donors (Lipinski definition) is 2. The van der Waals surface area contributed by atoms with Gasteiger partial charge in [-0.15, -0.1) is 11.6 Å². The fourth-order valence-electron chi connectivity index (χ4n) is 1.23. The second kappa shape index (κ2) is 6.69. The van der Waals surface area contributed by atoms with Crippen molar-refractivity contribution in [1.82, 2.24) is 5.32 Å². The van der Waals surface area contributed by atoms with Gasteiger partial charge in [0.05, 0.1) is 22.6 Å². The van der Waals surface area contributed by atoms with Crippen molar-refractivity contribution in [3.05, 3.63) is 28.8 Å². The molecule has 1 aromatic carbocycles. The fourth-order valence-corrected chi connectivity index (χ4v) is 1.63. The van der Waals surface area contributed by atoms with Crippen molar-refractivity contribution in [3.8, 4) is 5.75 Å². The first kappa shape index (κ1) is 14.1. The van der Waals surface area contributed by atoms with E-state index in [0.717, 1.165) is 0 Å². The van der Waals surface area contributed by atoms with Crippen LogP contribution < -0.4 is 5.32 Å². The number of amides is 1. The van der Waals surface area contributed by atoms with Crippen LogP contribution >= 0.6 is 23.2 Å². The molecule has 17 heavy (non-hydrogen) atoms. The standard InChI is InChI=1S/C11H13Cl2NO3/c1-17-6-7(12)5-14-11(16)9-4-8(15)2-3-10(9)13/h2-4,7,15H,5-6H2,1H3,(H,14,16). The van der Waals surface area contributed by atoms with Crippen LogP contribution in [0.1, 0.15) is 10.4 Å². The highest BCUT2D eigenvalue weighted by atomic mass is 35.5. The molecule has 1 rings (SSSR count). The zero-order valence-corrected chi connectivity index (χ0v) is 10.8. The number of hydrogen-bond acceptors (Lipinski definition) is 3. The van der Waals surface area contributed by atoms with Gasteiger partial charge in [0.15, 0.2) is 0 Å². The molecule has 0 saturated heterocycles. The lowest BCUT2D eigenvalue weighted by Crippen LogP contribution is -2.31. The molecule has 1 amide bonds. The number of rotatable bonds is 5. The van der Waals surface area contributed by atoms with Gasteiger partial charge in [-0.25, -0.2) is 0 Å². The molecule has 2 N–H and O–H groups in total. The van der Waals surface area contributed by atoms with Crippen molar-refractivity contribution in [1.29, 1.82) is 0 Å². The monoisotopic (exact) mass is 277 g/mol. The summed E-state index contributed by atoms with van der Waals surface area (Å²) in [6.07, 6.45) is 0. The minimum absolute atomic E-state index is 0.0149. The molecular formula is C11H13Cl2NO3. The summed E-state index contributed by atoms with van der Waals surface area (Å²) in [4.78, 5) is 11.7. The summed E-state index contributed by atoms with van der Waals surface area (Å²) in [5.41, 5.74) is 0.216. The molecule has 0 saturated carbocycles. The van der Waals surface area contributed by atoms with E-state index in [1.165, 1.54) is 25.3 Å². The third-order valence-corrected chi connectivity index (χ3v) is 2.64. The van der Waals surface area contributed by atoms with E-state index in [1.54, 1.807) is 0 Å². The second-order valence-corrected chi connectivity index (χ2v) is 4.45. The summed E-state index contributed by atoms with van der Waals surface area (Å²) in [5.74, 6) is -0.397. The molecule has 1 unspecified atom stereocenters. The molecule has 0 heterocycles. The Morgan fingerprint density at radius 1 is 1.59 bits per heavy atom. The first-order valence-corrected chi connectivity index (χ1v) is 5.75. The van der Waals surface area contributed by atoms with E-state index in [1.807, 2.05) is 0 Å². The fraction of sp³-hybridized carbons (Fsp3) is 0.364. The van der Waals surface area contributed by atoms with Crippen molar-refractivity contribution >= 4 is 29.1 Å². The van der Waals surface area contributed by atoms with Crippen LogP contribution in [0.3, 0.4) is 0 Å². The number of carbonyl (C=O) groups excluding carboxylic acids is 1. The van der Waals surface area contributed by atoms with Gasteiger partial charge in [0.1, 0.15) is 5.75 Å². The lowest BCUT2D eigenvalue weighted by atomic mass is 10.2. The van der Waals surface area contributed by atoms with Crippen molar-refractivity contribution in [2.24, 2.45) is 0 Å². The van der Waals surface area contributed by atoms with Crippen LogP contribution in [0.15, 0.2) is 18.2 Å². The Bertz CT molecular complexity index is 398. The minimum atomic E-state index is -0.382. The molecule has 0 spiro atoms.